The molecule has 2 N–H and O–H groups in total. The Morgan fingerprint density at radius 1 is 1.28 bits per heavy atom. The summed E-state index contributed by atoms with van der Waals surface area (Å²) in [6, 6.07) is 8.40. The second-order valence-electron chi connectivity index (χ2n) is 7.61. The highest BCUT2D eigenvalue weighted by atomic mass is 32.1. The Kier molecular flexibility index (Phi) is 7.63. The van der Waals surface area contributed by atoms with Crippen molar-refractivity contribution in [2.75, 3.05) is 20.1 Å². The van der Waals surface area contributed by atoms with Crippen LogP contribution in [0, 0.1) is 0 Å². The molecule has 29 heavy (non-hydrogen) atoms. The fraction of sp³-hybridized carbons (Fsp3) is 0.500. The van der Waals surface area contributed by atoms with Crippen LogP contribution >= 0.6 is 11.3 Å². The van der Waals surface area contributed by atoms with E-state index in [2.05, 4.69) is 58.0 Å². The Labute approximate surface area is 177 Å². The molecule has 0 fully saturated rings. The van der Waals surface area contributed by atoms with Crippen LogP contribution in [-0.4, -0.2) is 41.9 Å². The summed E-state index contributed by atoms with van der Waals surface area (Å²) in [6.45, 7) is 7.22. The summed E-state index contributed by atoms with van der Waals surface area (Å²) < 4.78 is 0. The van der Waals surface area contributed by atoms with Gasteiger partial charge in [-0.25, -0.2) is 4.98 Å². The molecular formula is C22H31N5OS. The summed E-state index contributed by atoms with van der Waals surface area (Å²) in [5.74, 6) is 1.42. The molecule has 0 radical (unpaired) electrons. The van der Waals surface area contributed by atoms with E-state index < -0.39 is 0 Å². The number of amides is 1. The van der Waals surface area contributed by atoms with Gasteiger partial charge in [-0.2, -0.15) is 0 Å². The third-order valence-electron chi connectivity index (χ3n) is 5.13. The minimum absolute atomic E-state index is 0.230. The van der Waals surface area contributed by atoms with Crippen molar-refractivity contribution < 1.29 is 4.79 Å². The van der Waals surface area contributed by atoms with Crippen LogP contribution in [0.2, 0.25) is 0 Å². The molecule has 6 nitrogen and oxygen atoms in total. The van der Waals surface area contributed by atoms with Gasteiger partial charge in [-0.1, -0.05) is 38.1 Å². The van der Waals surface area contributed by atoms with E-state index >= 15 is 0 Å². The van der Waals surface area contributed by atoms with Crippen molar-refractivity contribution in [1.82, 2.24) is 20.5 Å². The van der Waals surface area contributed by atoms with Crippen molar-refractivity contribution in [1.29, 1.82) is 0 Å². The lowest BCUT2D eigenvalue weighted by molar-refractivity contribution is -0.132. The quantitative estimate of drug-likeness (QED) is 0.415. The third-order valence-corrected chi connectivity index (χ3v) is 6.00. The average molecular weight is 414 g/mol. The van der Waals surface area contributed by atoms with E-state index in [1.807, 2.05) is 11.0 Å². The van der Waals surface area contributed by atoms with E-state index in [9.17, 15) is 4.79 Å². The number of carbonyl (C=O) groups is 1. The molecule has 1 aromatic heterocycles. The minimum Gasteiger partial charge on any atom is -0.356 e. The molecule has 1 amide bonds. The molecule has 1 aliphatic rings. The molecule has 0 bridgehead atoms. The predicted octanol–water partition coefficient (Wildman–Crippen LogP) is 3.30. The summed E-state index contributed by atoms with van der Waals surface area (Å²) in [7, 11) is 1.76. The Bertz CT molecular complexity index is 845. The summed E-state index contributed by atoms with van der Waals surface area (Å²) in [5, 5.41) is 9.75. The van der Waals surface area contributed by atoms with Crippen LogP contribution < -0.4 is 10.6 Å². The zero-order chi connectivity index (χ0) is 20.6. The van der Waals surface area contributed by atoms with E-state index in [4.69, 9.17) is 0 Å². The first kappa shape index (κ1) is 21.3. The number of nitrogens with zero attached hydrogens (tertiary/aromatic N) is 3. The van der Waals surface area contributed by atoms with E-state index in [0.29, 0.717) is 25.4 Å². The van der Waals surface area contributed by atoms with Crippen LogP contribution in [0.4, 0.5) is 0 Å². The number of fused-ring (bicyclic) bond motifs is 1. The van der Waals surface area contributed by atoms with Crippen molar-refractivity contribution in [2.45, 2.75) is 52.1 Å². The van der Waals surface area contributed by atoms with Gasteiger partial charge in [-0.3, -0.25) is 9.79 Å². The molecule has 2 heterocycles. The molecule has 0 unspecified atom stereocenters. The van der Waals surface area contributed by atoms with Crippen LogP contribution in [-0.2, 0) is 24.3 Å². The number of hydrogen-bond donors (Lipinski definition) is 2. The highest BCUT2D eigenvalue weighted by Gasteiger charge is 2.19. The summed E-state index contributed by atoms with van der Waals surface area (Å²) >= 11 is 1.67. The van der Waals surface area contributed by atoms with Gasteiger partial charge in [-0.15, -0.1) is 11.3 Å². The van der Waals surface area contributed by atoms with E-state index in [-0.39, 0.29) is 5.91 Å². The fourth-order valence-electron chi connectivity index (χ4n) is 3.36. The molecule has 3 rings (SSSR count). The maximum atomic E-state index is 12.5. The first-order valence-corrected chi connectivity index (χ1v) is 11.2. The standard InChI is InChI=1S/C22H31N5OS/c1-16(2)19-15-29-20(26-19)13-25-22(23-3)24-11-6-9-21(28)27-12-10-17-7-4-5-8-18(17)14-27/h4-5,7-8,15-16H,6,9-14H2,1-3H3,(H2,23,24,25). The lowest BCUT2D eigenvalue weighted by Crippen LogP contribution is -2.38. The van der Waals surface area contributed by atoms with Crippen LogP contribution in [0.15, 0.2) is 34.6 Å². The molecule has 2 aromatic rings. The molecular weight excluding hydrogens is 382 g/mol. The smallest absolute Gasteiger partial charge is 0.222 e. The van der Waals surface area contributed by atoms with Gasteiger partial charge in [0.15, 0.2) is 5.96 Å². The number of guanidine groups is 1. The number of aromatic nitrogens is 1. The van der Waals surface area contributed by atoms with Crippen molar-refractivity contribution in [2.24, 2.45) is 4.99 Å². The van der Waals surface area contributed by atoms with Crippen molar-refractivity contribution in [3.8, 4) is 0 Å². The maximum absolute atomic E-state index is 12.5. The van der Waals surface area contributed by atoms with Crippen molar-refractivity contribution in [3.63, 3.8) is 0 Å². The molecule has 156 valence electrons. The first-order chi connectivity index (χ1) is 14.1. The SMILES string of the molecule is CN=C(NCCCC(=O)N1CCc2ccccc2C1)NCc1nc(C(C)C)cs1. The lowest BCUT2D eigenvalue weighted by Gasteiger charge is -2.29. The Balaban J connectivity index is 1.36. The second kappa shape index (κ2) is 10.4. The highest BCUT2D eigenvalue weighted by molar-refractivity contribution is 7.09. The molecule has 0 saturated heterocycles. The first-order valence-electron chi connectivity index (χ1n) is 10.3. The van der Waals surface area contributed by atoms with E-state index in [0.717, 1.165) is 42.6 Å². The number of rotatable bonds is 7. The number of thiazole rings is 1. The van der Waals surface area contributed by atoms with Gasteiger partial charge >= 0.3 is 0 Å². The number of benzene rings is 1. The van der Waals surface area contributed by atoms with Crippen molar-refractivity contribution >= 4 is 23.2 Å². The van der Waals surface area contributed by atoms with Crippen LogP contribution in [0.1, 0.15) is 54.4 Å². The molecule has 0 spiro atoms. The third kappa shape index (κ3) is 6.03. The van der Waals surface area contributed by atoms with Crippen molar-refractivity contribution in [3.05, 3.63) is 51.5 Å². The maximum Gasteiger partial charge on any atom is 0.222 e. The molecule has 0 atom stereocenters. The van der Waals surface area contributed by atoms with Crippen LogP contribution in [0.3, 0.4) is 0 Å². The topological polar surface area (TPSA) is 69.6 Å². The van der Waals surface area contributed by atoms with Gasteiger partial charge in [-0.05, 0) is 29.9 Å². The van der Waals surface area contributed by atoms with Crippen LogP contribution in [0.25, 0.3) is 0 Å². The summed E-state index contributed by atoms with van der Waals surface area (Å²) in [4.78, 5) is 23.4. The Morgan fingerprint density at radius 3 is 2.79 bits per heavy atom. The molecule has 0 aliphatic carbocycles. The zero-order valence-electron chi connectivity index (χ0n) is 17.6. The van der Waals surface area contributed by atoms with Gasteiger partial charge in [0.05, 0.1) is 12.2 Å². The molecule has 1 aliphatic heterocycles. The molecule has 0 saturated carbocycles. The average Bonchev–Trinajstić information content (AvgIpc) is 3.22. The Morgan fingerprint density at radius 2 is 2.07 bits per heavy atom. The van der Waals surface area contributed by atoms with Crippen LogP contribution in [0.5, 0.6) is 0 Å². The lowest BCUT2D eigenvalue weighted by atomic mass is 9.99. The largest absolute Gasteiger partial charge is 0.356 e. The second-order valence-corrected chi connectivity index (χ2v) is 8.55. The minimum atomic E-state index is 0.230. The zero-order valence-corrected chi connectivity index (χ0v) is 18.4. The van der Waals surface area contributed by atoms with E-state index in [1.54, 1.807) is 18.4 Å². The normalized spacial score (nSPS) is 14.1. The highest BCUT2D eigenvalue weighted by Crippen LogP contribution is 2.19. The van der Waals surface area contributed by atoms with Gasteiger partial charge in [0.2, 0.25) is 5.91 Å². The number of nitrogens with one attached hydrogen (secondary N) is 2. The monoisotopic (exact) mass is 413 g/mol. The van der Waals surface area contributed by atoms with Gasteiger partial charge in [0.25, 0.3) is 0 Å². The summed E-state index contributed by atoms with van der Waals surface area (Å²) in [6.07, 6.45) is 2.29. The number of aliphatic imine (C=N–C) groups is 1. The fourth-order valence-corrected chi connectivity index (χ4v) is 4.26. The Hall–Kier alpha value is -2.41. The molecule has 7 heteroatoms. The van der Waals surface area contributed by atoms with Gasteiger partial charge in [0, 0.05) is 38.5 Å². The number of hydrogen-bond acceptors (Lipinski definition) is 4. The summed E-state index contributed by atoms with van der Waals surface area (Å²) in [5.41, 5.74) is 3.78. The molecule has 1 aromatic carbocycles. The van der Waals surface area contributed by atoms with Gasteiger partial charge < -0.3 is 15.5 Å². The van der Waals surface area contributed by atoms with E-state index in [1.165, 1.54) is 11.1 Å². The number of carbonyl (C=O) groups excluding carboxylic acids is 1. The van der Waals surface area contributed by atoms with Gasteiger partial charge in [0.1, 0.15) is 5.01 Å². The predicted molar refractivity (Wildman–Crippen MR) is 119 cm³/mol.